The van der Waals surface area contributed by atoms with Gasteiger partial charge in [0.2, 0.25) is 0 Å². The summed E-state index contributed by atoms with van der Waals surface area (Å²) in [7, 11) is 1.28. The van der Waals surface area contributed by atoms with Crippen molar-refractivity contribution in [1.82, 2.24) is 4.90 Å². The first kappa shape index (κ1) is 20.3. The Labute approximate surface area is 168 Å². The number of carbonyl (C=O) groups is 4. The molecule has 0 aromatic heterocycles. The van der Waals surface area contributed by atoms with Gasteiger partial charge in [0.15, 0.2) is 0 Å². The van der Waals surface area contributed by atoms with Gasteiger partial charge in [-0.05, 0) is 49.2 Å². The Morgan fingerprint density at radius 2 is 1.69 bits per heavy atom. The van der Waals surface area contributed by atoms with Gasteiger partial charge in [0, 0.05) is 17.8 Å². The second-order valence-electron chi connectivity index (χ2n) is 6.85. The number of unbranched alkanes of at least 4 members (excludes halogenated alkanes) is 1. The third kappa shape index (κ3) is 3.89. The predicted molar refractivity (Wildman–Crippen MR) is 107 cm³/mol. The lowest BCUT2D eigenvalue weighted by Gasteiger charge is -2.12. The van der Waals surface area contributed by atoms with Gasteiger partial charge >= 0.3 is 5.97 Å². The summed E-state index contributed by atoms with van der Waals surface area (Å²) in [6.45, 7) is 4.15. The van der Waals surface area contributed by atoms with Gasteiger partial charge in [-0.3, -0.25) is 19.3 Å². The van der Waals surface area contributed by atoms with Crippen molar-refractivity contribution >= 4 is 29.4 Å². The molecule has 3 rings (SSSR count). The van der Waals surface area contributed by atoms with Crippen LogP contribution in [0.25, 0.3) is 0 Å². The molecule has 0 radical (unpaired) electrons. The quantitative estimate of drug-likeness (QED) is 0.599. The van der Waals surface area contributed by atoms with Crippen LogP contribution in [-0.4, -0.2) is 42.2 Å². The molecule has 0 unspecified atom stereocenters. The molecule has 0 saturated heterocycles. The van der Waals surface area contributed by atoms with E-state index in [2.05, 4.69) is 5.32 Å². The maximum atomic E-state index is 12.7. The molecule has 0 fully saturated rings. The van der Waals surface area contributed by atoms with E-state index in [1.807, 2.05) is 6.92 Å². The SMILES string of the molecule is CCCCN1C(=O)c2ccc(C(=O)Nc3cc(C(=O)OC)ccc3C)cc2C1=O. The maximum absolute atomic E-state index is 12.7. The number of ether oxygens (including phenoxy) is 1. The average Bonchev–Trinajstić information content (AvgIpc) is 2.96. The fourth-order valence-electron chi connectivity index (χ4n) is 3.15. The van der Waals surface area contributed by atoms with Crippen LogP contribution in [0.3, 0.4) is 0 Å². The molecular formula is C22H22N2O5. The van der Waals surface area contributed by atoms with E-state index in [0.29, 0.717) is 23.4 Å². The first-order chi connectivity index (χ1) is 13.9. The lowest BCUT2D eigenvalue weighted by molar-refractivity contribution is 0.0598. The number of rotatable bonds is 6. The van der Waals surface area contributed by atoms with E-state index < -0.39 is 11.9 Å². The number of imide groups is 1. The molecule has 7 heteroatoms. The molecule has 7 nitrogen and oxygen atoms in total. The van der Waals surface area contributed by atoms with Crippen LogP contribution < -0.4 is 5.32 Å². The molecule has 2 aromatic rings. The van der Waals surface area contributed by atoms with Crippen molar-refractivity contribution in [2.75, 3.05) is 19.0 Å². The molecular weight excluding hydrogens is 372 g/mol. The second kappa shape index (κ2) is 8.26. The number of esters is 1. The fraction of sp³-hybridized carbons (Fsp3) is 0.273. The zero-order valence-corrected chi connectivity index (χ0v) is 16.6. The normalized spacial score (nSPS) is 12.7. The van der Waals surface area contributed by atoms with Crippen LogP contribution >= 0.6 is 0 Å². The molecule has 1 heterocycles. The highest BCUT2D eigenvalue weighted by Gasteiger charge is 2.35. The maximum Gasteiger partial charge on any atom is 0.337 e. The monoisotopic (exact) mass is 394 g/mol. The number of methoxy groups -OCH3 is 1. The Kier molecular flexibility index (Phi) is 5.77. The Balaban J connectivity index is 1.84. The Bertz CT molecular complexity index is 1010. The number of amides is 3. The lowest BCUT2D eigenvalue weighted by atomic mass is 10.0. The molecule has 2 aromatic carbocycles. The Morgan fingerprint density at radius 1 is 1.00 bits per heavy atom. The number of nitrogens with one attached hydrogen (secondary N) is 1. The minimum absolute atomic E-state index is 0.235. The van der Waals surface area contributed by atoms with E-state index >= 15 is 0 Å². The summed E-state index contributed by atoms with van der Waals surface area (Å²) in [6.07, 6.45) is 1.60. The van der Waals surface area contributed by atoms with Gasteiger partial charge in [0.1, 0.15) is 0 Å². The van der Waals surface area contributed by atoms with E-state index in [1.165, 1.54) is 36.3 Å². The average molecular weight is 394 g/mol. The van der Waals surface area contributed by atoms with Crippen LogP contribution in [0.5, 0.6) is 0 Å². The van der Waals surface area contributed by atoms with E-state index in [-0.39, 0.29) is 22.9 Å². The van der Waals surface area contributed by atoms with Crippen molar-refractivity contribution in [1.29, 1.82) is 0 Å². The lowest BCUT2D eigenvalue weighted by Crippen LogP contribution is -2.30. The van der Waals surface area contributed by atoms with Gasteiger partial charge < -0.3 is 10.1 Å². The van der Waals surface area contributed by atoms with Gasteiger partial charge in [-0.2, -0.15) is 0 Å². The first-order valence-electron chi connectivity index (χ1n) is 9.38. The minimum Gasteiger partial charge on any atom is -0.465 e. The summed E-state index contributed by atoms with van der Waals surface area (Å²) in [4.78, 5) is 50.7. The van der Waals surface area contributed by atoms with Crippen molar-refractivity contribution in [3.63, 3.8) is 0 Å². The van der Waals surface area contributed by atoms with Crippen LogP contribution in [0, 0.1) is 6.92 Å². The molecule has 29 heavy (non-hydrogen) atoms. The highest BCUT2D eigenvalue weighted by atomic mass is 16.5. The summed E-state index contributed by atoms with van der Waals surface area (Å²) >= 11 is 0. The number of hydrogen-bond acceptors (Lipinski definition) is 5. The Hall–Kier alpha value is -3.48. The van der Waals surface area contributed by atoms with Crippen LogP contribution in [0.2, 0.25) is 0 Å². The number of benzene rings is 2. The molecule has 1 aliphatic rings. The highest BCUT2D eigenvalue weighted by molar-refractivity contribution is 6.22. The largest absolute Gasteiger partial charge is 0.465 e. The van der Waals surface area contributed by atoms with Crippen molar-refractivity contribution in [2.45, 2.75) is 26.7 Å². The predicted octanol–water partition coefficient (Wildman–Crippen LogP) is 3.43. The molecule has 3 amide bonds. The van der Waals surface area contributed by atoms with Crippen molar-refractivity contribution < 1.29 is 23.9 Å². The summed E-state index contributed by atoms with van der Waals surface area (Å²) < 4.78 is 4.71. The van der Waals surface area contributed by atoms with Crippen LogP contribution in [-0.2, 0) is 4.74 Å². The number of carbonyl (C=O) groups excluding carboxylic acids is 4. The summed E-state index contributed by atoms with van der Waals surface area (Å²) in [5.74, 6) is -1.65. The molecule has 0 aliphatic carbocycles. The van der Waals surface area contributed by atoms with E-state index in [1.54, 1.807) is 19.1 Å². The minimum atomic E-state index is -0.505. The summed E-state index contributed by atoms with van der Waals surface area (Å²) in [5, 5.41) is 2.75. The van der Waals surface area contributed by atoms with Crippen molar-refractivity contribution in [2.24, 2.45) is 0 Å². The Morgan fingerprint density at radius 3 is 2.38 bits per heavy atom. The standard InChI is InChI=1S/C22H22N2O5/c1-4-5-10-24-20(26)16-9-8-14(11-17(16)21(24)27)19(25)23-18-12-15(22(28)29-3)7-6-13(18)2/h6-9,11-12H,4-5,10H2,1-3H3,(H,23,25). The summed E-state index contributed by atoms with van der Waals surface area (Å²) in [6, 6.07) is 9.32. The van der Waals surface area contributed by atoms with Crippen LogP contribution in [0.15, 0.2) is 36.4 Å². The molecule has 0 bridgehead atoms. The number of fused-ring (bicyclic) bond motifs is 1. The van der Waals surface area contributed by atoms with Gasteiger partial charge in [-0.25, -0.2) is 4.79 Å². The van der Waals surface area contributed by atoms with E-state index in [4.69, 9.17) is 4.74 Å². The summed E-state index contributed by atoms with van der Waals surface area (Å²) in [5.41, 5.74) is 2.35. The third-order valence-electron chi connectivity index (χ3n) is 4.88. The zero-order chi connectivity index (χ0) is 21.1. The number of nitrogens with zero attached hydrogens (tertiary/aromatic N) is 1. The number of aryl methyl sites for hydroxylation is 1. The molecule has 0 spiro atoms. The molecule has 0 atom stereocenters. The molecule has 150 valence electrons. The van der Waals surface area contributed by atoms with Crippen molar-refractivity contribution in [3.8, 4) is 0 Å². The number of hydrogen-bond donors (Lipinski definition) is 1. The smallest absolute Gasteiger partial charge is 0.337 e. The van der Waals surface area contributed by atoms with Gasteiger partial charge in [-0.1, -0.05) is 19.4 Å². The van der Waals surface area contributed by atoms with E-state index in [0.717, 1.165) is 18.4 Å². The zero-order valence-electron chi connectivity index (χ0n) is 16.6. The second-order valence-corrected chi connectivity index (χ2v) is 6.85. The highest BCUT2D eigenvalue weighted by Crippen LogP contribution is 2.25. The third-order valence-corrected chi connectivity index (χ3v) is 4.88. The first-order valence-corrected chi connectivity index (χ1v) is 9.38. The molecule has 1 aliphatic heterocycles. The van der Waals surface area contributed by atoms with Crippen molar-refractivity contribution in [3.05, 3.63) is 64.2 Å². The fourth-order valence-corrected chi connectivity index (χ4v) is 3.15. The molecule has 1 N–H and O–H groups in total. The van der Waals surface area contributed by atoms with Crippen LogP contribution in [0.4, 0.5) is 5.69 Å². The van der Waals surface area contributed by atoms with Gasteiger partial charge in [-0.15, -0.1) is 0 Å². The van der Waals surface area contributed by atoms with Crippen LogP contribution in [0.1, 0.15) is 66.8 Å². The number of anilines is 1. The van der Waals surface area contributed by atoms with Gasteiger partial charge in [0.25, 0.3) is 17.7 Å². The topological polar surface area (TPSA) is 92.8 Å². The molecule has 0 saturated carbocycles. The van der Waals surface area contributed by atoms with Gasteiger partial charge in [0.05, 0.1) is 23.8 Å². The van der Waals surface area contributed by atoms with E-state index in [9.17, 15) is 19.2 Å².